The fourth-order valence-corrected chi connectivity index (χ4v) is 12.3. The number of ether oxygens (including phenoxy) is 4. The second-order valence-corrected chi connectivity index (χ2v) is 26.4. The van der Waals surface area contributed by atoms with Crippen molar-refractivity contribution in [3.05, 3.63) is 60.8 Å². The van der Waals surface area contributed by atoms with Crippen molar-refractivity contribution in [1.29, 1.82) is 0 Å². The van der Waals surface area contributed by atoms with Crippen LogP contribution in [0.2, 0.25) is 0 Å². The molecule has 2 aliphatic heterocycles. The van der Waals surface area contributed by atoms with Crippen LogP contribution in [0.25, 0.3) is 0 Å². The van der Waals surface area contributed by atoms with Gasteiger partial charge in [-0.3, -0.25) is 4.79 Å². The molecule has 12 unspecified atom stereocenters. The SMILES string of the molecule is CC/C=C\C/C=C\C/C=C\C/C=C\CCCCCCCCCCCCC(=O)NC(COC1OC(CO)C(OC2OC(CO)C(O)C(O)C2O)C(O)C1O)C(O)/C=C/CCCCCCCCCCCCCCCCCCCCCCCCCCCCCCCCC. The van der Waals surface area contributed by atoms with Crippen LogP contribution in [0.5, 0.6) is 0 Å². The van der Waals surface area contributed by atoms with E-state index in [1.54, 1.807) is 6.08 Å². The average molecular weight is 1270 g/mol. The molecular weight excluding hydrogens is 1130 g/mol. The summed E-state index contributed by atoms with van der Waals surface area (Å²) >= 11 is 0. The Morgan fingerprint density at radius 3 is 1.18 bits per heavy atom. The van der Waals surface area contributed by atoms with Crippen LogP contribution < -0.4 is 5.32 Å². The van der Waals surface area contributed by atoms with Gasteiger partial charge in [0, 0.05) is 6.42 Å². The minimum Gasteiger partial charge on any atom is -0.394 e. The predicted octanol–water partition coefficient (Wildman–Crippen LogP) is 16.0. The summed E-state index contributed by atoms with van der Waals surface area (Å²) in [6, 6.07) is -0.922. The van der Waals surface area contributed by atoms with E-state index in [2.05, 4.69) is 67.8 Å². The van der Waals surface area contributed by atoms with Crippen LogP contribution in [0.15, 0.2) is 60.8 Å². The summed E-state index contributed by atoms with van der Waals surface area (Å²) in [5.41, 5.74) is 0. The van der Waals surface area contributed by atoms with E-state index >= 15 is 0 Å². The quantitative estimate of drug-likeness (QED) is 0.0204. The monoisotopic (exact) mass is 1270 g/mol. The van der Waals surface area contributed by atoms with Gasteiger partial charge in [0.2, 0.25) is 5.91 Å². The molecule has 0 aromatic carbocycles. The summed E-state index contributed by atoms with van der Waals surface area (Å²) in [5, 5.41) is 87.6. The van der Waals surface area contributed by atoms with Crippen molar-refractivity contribution < 1.29 is 64.6 Å². The molecule has 14 nitrogen and oxygen atoms in total. The molecule has 0 spiro atoms. The van der Waals surface area contributed by atoms with E-state index in [0.29, 0.717) is 6.42 Å². The Hall–Kier alpha value is -2.31. The second kappa shape index (κ2) is 60.4. The number of carbonyl (C=O) groups is 1. The molecule has 12 atom stereocenters. The standard InChI is InChI=1S/C76H139NO13/c1-3-5-7-9-11-13-15-17-19-21-23-25-27-28-29-30-31-32-33-34-35-36-38-39-41-43-45-47-49-51-53-55-57-59-65(80)64(63-87-75-73(86)71(84)74(67(62-79)89-75)90-76-72(85)70(83)69(82)66(61-78)88-76)77-68(81)60-58-56-54-52-50-48-46-44-42-40-37-26-24-22-20-18-16-14-12-10-8-6-4-2/h6,8,12,14,18,20,24,26,57,59,64-67,69-76,78-80,82-86H,3-5,7,9-11,13,15-17,19,21-23,25,27-56,58,60-63H2,1-2H3,(H,77,81)/b8-6-,14-12-,20-18-,26-24-,59-57+. The number of amides is 1. The van der Waals surface area contributed by atoms with Crippen LogP contribution in [0.3, 0.4) is 0 Å². The van der Waals surface area contributed by atoms with Crippen molar-refractivity contribution >= 4 is 5.91 Å². The molecule has 2 saturated heterocycles. The molecule has 0 aromatic rings. The smallest absolute Gasteiger partial charge is 0.220 e. The summed E-state index contributed by atoms with van der Waals surface area (Å²) < 4.78 is 22.9. The fraction of sp³-hybridized carbons (Fsp3) is 0.855. The summed E-state index contributed by atoms with van der Waals surface area (Å²) in [7, 11) is 0. The van der Waals surface area contributed by atoms with Crippen LogP contribution in [0.4, 0.5) is 0 Å². The molecule has 1 amide bonds. The van der Waals surface area contributed by atoms with E-state index in [1.165, 1.54) is 225 Å². The largest absolute Gasteiger partial charge is 0.394 e. The molecule has 2 fully saturated rings. The van der Waals surface area contributed by atoms with Gasteiger partial charge in [0.25, 0.3) is 0 Å². The normalized spacial score (nSPS) is 23.2. The number of allylic oxidation sites excluding steroid dienone is 9. The van der Waals surface area contributed by atoms with Gasteiger partial charge in [0.05, 0.1) is 32.0 Å². The third-order valence-electron chi connectivity index (χ3n) is 18.2. The summed E-state index contributed by atoms with van der Waals surface area (Å²) in [4.78, 5) is 13.3. The second-order valence-electron chi connectivity index (χ2n) is 26.4. The average Bonchev–Trinajstić information content (AvgIpc) is 1.28. The van der Waals surface area contributed by atoms with Crippen LogP contribution in [-0.4, -0.2) is 140 Å². The van der Waals surface area contributed by atoms with Gasteiger partial charge >= 0.3 is 0 Å². The first-order chi connectivity index (χ1) is 44.1. The van der Waals surface area contributed by atoms with Gasteiger partial charge in [0.15, 0.2) is 12.6 Å². The van der Waals surface area contributed by atoms with Crippen molar-refractivity contribution in [3.8, 4) is 0 Å². The molecule has 0 aliphatic carbocycles. The van der Waals surface area contributed by atoms with Gasteiger partial charge in [-0.1, -0.05) is 319 Å². The molecule has 14 heteroatoms. The number of hydrogen-bond acceptors (Lipinski definition) is 13. The third-order valence-corrected chi connectivity index (χ3v) is 18.2. The first kappa shape index (κ1) is 83.8. The van der Waals surface area contributed by atoms with Crippen molar-refractivity contribution in [2.45, 2.75) is 396 Å². The Morgan fingerprint density at radius 2 is 0.767 bits per heavy atom. The molecule has 0 aromatic heterocycles. The van der Waals surface area contributed by atoms with E-state index in [4.69, 9.17) is 18.9 Å². The van der Waals surface area contributed by atoms with Crippen LogP contribution >= 0.6 is 0 Å². The van der Waals surface area contributed by atoms with Crippen molar-refractivity contribution in [1.82, 2.24) is 5.32 Å². The number of carbonyl (C=O) groups excluding carboxylic acids is 1. The molecule has 526 valence electrons. The van der Waals surface area contributed by atoms with Gasteiger partial charge in [-0.15, -0.1) is 0 Å². The summed E-state index contributed by atoms with van der Waals surface area (Å²) in [6.45, 7) is 2.73. The highest BCUT2D eigenvalue weighted by Gasteiger charge is 2.51. The summed E-state index contributed by atoms with van der Waals surface area (Å²) in [6.07, 6.45) is 64.3. The third kappa shape index (κ3) is 43.6. The molecule has 0 radical (unpaired) electrons. The molecule has 9 N–H and O–H groups in total. The van der Waals surface area contributed by atoms with Crippen LogP contribution in [0, 0.1) is 0 Å². The molecule has 2 heterocycles. The van der Waals surface area contributed by atoms with Crippen LogP contribution in [-0.2, 0) is 23.7 Å². The number of aliphatic hydroxyl groups is 8. The minimum atomic E-state index is -1.79. The first-order valence-corrected chi connectivity index (χ1v) is 37.5. The lowest BCUT2D eigenvalue weighted by Crippen LogP contribution is -2.65. The summed E-state index contributed by atoms with van der Waals surface area (Å²) in [5.74, 6) is -0.242. The van der Waals surface area contributed by atoms with Gasteiger partial charge in [0.1, 0.15) is 48.8 Å². The Labute approximate surface area is 549 Å². The topological polar surface area (TPSA) is 228 Å². The zero-order chi connectivity index (χ0) is 65.2. The van der Waals surface area contributed by atoms with E-state index in [1.807, 2.05) is 6.08 Å². The van der Waals surface area contributed by atoms with E-state index in [0.717, 1.165) is 70.6 Å². The number of nitrogens with one attached hydrogen (secondary N) is 1. The highest BCUT2D eigenvalue weighted by atomic mass is 16.7. The highest BCUT2D eigenvalue weighted by molar-refractivity contribution is 5.76. The minimum absolute atomic E-state index is 0.242. The number of rotatable bonds is 62. The first-order valence-electron chi connectivity index (χ1n) is 37.5. The zero-order valence-corrected chi connectivity index (χ0v) is 57.4. The number of unbranched alkanes of at least 4 members (excludes halogenated alkanes) is 41. The maximum atomic E-state index is 13.3. The van der Waals surface area contributed by atoms with Crippen molar-refractivity contribution in [2.24, 2.45) is 0 Å². The molecule has 90 heavy (non-hydrogen) atoms. The van der Waals surface area contributed by atoms with Crippen molar-refractivity contribution in [2.75, 3.05) is 19.8 Å². The number of hydrogen-bond donors (Lipinski definition) is 9. The van der Waals surface area contributed by atoms with E-state index in [-0.39, 0.29) is 18.9 Å². The highest BCUT2D eigenvalue weighted by Crippen LogP contribution is 2.30. The maximum absolute atomic E-state index is 13.3. The van der Waals surface area contributed by atoms with Gasteiger partial charge in [-0.05, 0) is 57.8 Å². The molecule has 0 saturated carbocycles. The molecule has 0 bridgehead atoms. The molecular formula is C76H139NO13. The van der Waals surface area contributed by atoms with Gasteiger partial charge in [-0.25, -0.2) is 0 Å². The lowest BCUT2D eigenvalue weighted by Gasteiger charge is -2.46. The van der Waals surface area contributed by atoms with Crippen molar-refractivity contribution in [3.63, 3.8) is 0 Å². The van der Waals surface area contributed by atoms with Crippen LogP contribution in [0.1, 0.15) is 322 Å². The molecule has 2 rings (SSSR count). The lowest BCUT2D eigenvalue weighted by molar-refractivity contribution is -0.359. The maximum Gasteiger partial charge on any atom is 0.220 e. The molecule has 2 aliphatic rings. The van der Waals surface area contributed by atoms with Gasteiger partial charge in [-0.2, -0.15) is 0 Å². The Balaban J connectivity index is 1.64. The fourth-order valence-electron chi connectivity index (χ4n) is 12.3. The number of aliphatic hydroxyl groups excluding tert-OH is 8. The Bertz CT molecular complexity index is 1740. The van der Waals surface area contributed by atoms with Gasteiger partial charge < -0.3 is 65.1 Å². The Morgan fingerprint density at radius 1 is 0.411 bits per heavy atom. The predicted molar refractivity (Wildman–Crippen MR) is 369 cm³/mol. The Kier molecular flexibility index (Phi) is 56.2. The van der Waals surface area contributed by atoms with E-state index < -0.39 is 86.8 Å². The van der Waals surface area contributed by atoms with E-state index in [9.17, 15) is 45.6 Å². The lowest BCUT2D eigenvalue weighted by atomic mass is 9.97. The zero-order valence-electron chi connectivity index (χ0n) is 57.4.